The molecule has 0 radical (unpaired) electrons. The third kappa shape index (κ3) is 2.97. The molecule has 2 unspecified atom stereocenters. The number of halogens is 1. The first-order chi connectivity index (χ1) is 10.7. The summed E-state index contributed by atoms with van der Waals surface area (Å²) in [5.41, 5.74) is 0.0818. The lowest BCUT2D eigenvalue weighted by Crippen LogP contribution is -2.54. The van der Waals surface area contributed by atoms with Gasteiger partial charge in [-0.05, 0) is 42.2 Å². The number of amides is 3. The molecule has 0 aromatic heterocycles. The summed E-state index contributed by atoms with van der Waals surface area (Å²) < 4.78 is 0. The number of hydrogen-bond acceptors (Lipinski definition) is 2. The van der Waals surface area contributed by atoms with E-state index in [1.807, 2.05) is 18.2 Å². The molecule has 0 bridgehead atoms. The van der Waals surface area contributed by atoms with E-state index in [1.54, 1.807) is 6.07 Å². The van der Waals surface area contributed by atoms with Gasteiger partial charge in [0.1, 0.15) is 5.54 Å². The van der Waals surface area contributed by atoms with Crippen molar-refractivity contribution in [3.05, 3.63) is 34.9 Å². The third-order valence-electron chi connectivity index (χ3n) is 4.91. The van der Waals surface area contributed by atoms with Crippen LogP contribution >= 0.6 is 11.6 Å². The van der Waals surface area contributed by atoms with Crippen LogP contribution in [0.2, 0.25) is 5.02 Å². The number of benzene rings is 1. The van der Waals surface area contributed by atoms with Crippen LogP contribution in [-0.4, -0.2) is 22.4 Å². The number of carbonyl (C=O) groups is 2. The molecule has 4 nitrogen and oxygen atoms in total. The van der Waals surface area contributed by atoms with Crippen LogP contribution in [0, 0.1) is 11.3 Å². The minimum Gasteiger partial charge on any atom is -0.323 e. The molecule has 5 heteroatoms. The Balaban J connectivity index is 1.87. The molecule has 23 heavy (non-hydrogen) atoms. The summed E-state index contributed by atoms with van der Waals surface area (Å²) in [6.45, 7) is 6.71. The van der Waals surface area contributed by atoms with Crippen molar-refractivity contribution in [2.45, 2.75) is 52.1 Å². The maximum Gasteiger partial charge on any atom is 0.325 e. The number of nitrogens with one attached hydrogen (secondary N) is 1. The van der Waals surface area contributed by atoms with Crippen LogP contribution in [0.25, 0.3) is 0 Å². The normalized spacial score (nSPS) is 29.9. The summed E-state index contributed by atoms with van der Waals surface area (Å²) in [4.78, 5) is 26.8. The van der Waals surface area contributed by atoms with Crippen LogP contribution in [0.3, 0.4) is 0 Å². The van der Waals surface area contributed by atoms with E-state index in [0.717, 1.165) is 12.0 Å². The van der Waals surface area contributed by atoms with Gasteiger partial charge in [-0.3, -0.25) is 9.69 Å². The summed E-state index contributed by atoms with van der Waals surface area (Å²) in [6, 6.07) is 7.02. The predicted octanol–water partition coefficient (Wildman–Crippen LogP) is 3.98. The fourth-order valence-corrected chi connectivity index (χ4v) is 4.64. The lowest BCUT2D eigenvalue weighted by atomic mass is 9.64. The molecule has 2 atom stereocenters. The molecule has 2 fully saturated rings. The summed E-state index contributed by atoms with van der Waals surface area (Å²) in [7, 11) is 0. The van der Waals surface area contributed by atoms with E-state index in [9.17, 15) is 9.59 Å². The van der Waals surface area contributed by atoms with Crippen molar-refractivity contribution in [2.75, 3.05) is 0 Å². The maximum atomic E-state index is 13.0. The van der Waals surface area contributed by atoms with Crippen LogP contribution in [0.5, 0.6) is 0 Å². The van der Waals surface area contributed by atoms with E-state index in [0.29, 0.717) is 23.8 Å². The van der Waals surface area contributed by atoms with Crippen LogP contribution in [0.4, 0.5) is 4.79 Å². The average Bonchev–Trinajstić information content (AvgIpc) is 2.62. The first kappa shape index (κ1) is 16.3. The summed E-state index contributed by atoms with van der Waals surface area (Å²) >= 11 is 6.17. The second kappa shape index (κ2) is 5.52. The van der Waals surface area contributed by atoms with Crippen molar-refractivity contribution in [1.29, 1.82) is 0 Å². The highest BCUT2D eigenvalue weighted by atomic mass is 35.5. The van der Waals surface area contributed by atoms with Crippen molar-refractivity contribution in [3.8, 4) is 0 Å². The molecule has 1 heterocycles. The lowest BCUT2D eigenvalue weighted by molar-refractivity contribution is -0.135. The Morgan fingerprint density at radius 2 is 1.96 bits per heavy atom. The summed E-state index contributed by atoms with van der Waals surface area (Å²) in [5, 5.41) is 3.56. The van der Waals surface area contributed by atoms with Crippen molar-refractivity contribution in [3.63, 3.8) is 0 Å². The van der Waals surface area contributed by atoms with E-state index in [1.165, 1.54) is 4.90 Å². The molecule has 1 spiro atoms. The second-order valence-electron chi connectivity index (χ2n) is 7.85. The number of urea groups is 1. The van der Waals surface area contributed by atoms with E-state index in [4.69, 9.17) is 11.6 Å². The Bertz CT molecular complexity index is 658. The molecule has 1 aromatic carbocycles. The molecule has 1 saturated carbocycles. The van der Waals surface area contributed by atoms with E-state index < -0.39 is 5.54 Å². The molecular formula is C18H23ClN2O2. The Hall–Kier alpha value is -1.55. The highest BCUT2D eigenvalue weighted by molar-refractivity contribution is 6.31. The van der Waals surface area contributed by atoms with Gasteiger partial charge in [0.15, 0.2) is 0 Å². The lowest BCUT2D eigenvalue weighted by Gasteiger charge is -2.43. The highest BCUT2D eigenvalue weighted by Crippen LogP contribution is 2.46. The number of rotatable bonds is 2. The minimum absolute atomic E-state index is 0.0427. The smallest absolute Gasteiger partial charge is 0.323 e. The van der Waals surface area contributed by atoms with Gasteiger partial charge in [-0.15, -0.1) is 0 Å². The average molecular weight is 335 g/mol. The van der Waals surface area contributed by atoms with Crippen molar-refractivity contribution in [1.82, 2.24) is 10.2 Å². The van der Waals surface area contributed by atoms with E-state index in [2.05, 4.69) is 26.1 Å². The molecule has 3 amide bonds. The quantitative estimate of drug-likeness (QED) is 0.832. The molecule has 1 saturated heterocycles. The minimum atomic E-state index is -0.750. The zero-order chi connectivity index (χ0) is 16.8. The Kier molecular flexibility index (Phi) is 3.91. The van der Waals surface area contributed by atoms with Gasteiger partial charge in [0.2, 0.25) is 0 Å². The molecular weight excluding hydrogens is 312 g/mol. The first-order valence-corrected chi connectivity index (χ1v) is 8.48. The second-order valence-corrected chi connectivity index (χ2v) is 8.26. The highest BCUT2D eigenvalue weighted by Gasteiger charge is 2.56. The predicted molar refractivity (Wildman–Crippen MR) is 90.1 cm³/mol. The van der Waals surface area contributed by atoms with Crippen molar-refractivity contribution < 1.29 is 9.59 Å². The molecule has 3 rings (SSSR count). The van der Waals surface area contributed by atoms with E-state index >= 15 is 0 Å². The van der Waals surface area contributed by atoms with Gasteiger partial charge in [0.05, 0.1) is 6.54 Å². The van der Waals surface area contributed by atoms with Gasteiger partial charge < -0.3 is 5.32 Å². The Morgan fingerprint density at radius 1 is 1.26 bits per heavy atom. The van der Waals surface area contributed by atoms with Crippen molar-refractivity contribution in [2.24, 2.45) is 11.3 Å². The molecule has 1 aromatic rings. The monoisotopic (exact) mass is 334 g/mol. The topological polar surface area (TPSA) is 49.4 Å². The van der Waals surface area contributed by atoms with Crippen molar-refractivity contribution >= 4 is 23.5 Å². The van der Waals surface area contributed by atoms with Gasteiger partial charge in [-0.1, -0.05) is 50.6 Å². The number of nitrogens with zero attached hydrogens (tertiary/aromatic N) is 1. The number of imide groups is 1. The van der Waals surface area contributed by atoms with Crippen LogP contribution in [0.15, 0.2) is 24.3 Å². The van der Waals surface area contributed by atoms with E-state index in [-0.39, 0.29) is 23.9 Å². The van der Waals surface area contributed by atoms with Crippen LogP contribution in [0.1, 0.15) is 45.6 Å². The Labute approximate surface area is 142 Å². The molecule has 1 aliphatic carbocycles. The fraction of sp³-hybridized carbons (Fsp3) is 0.556. The maximum absolute atomic E-state index is 13.0. The number of hydrogen-bond donors (Lipinski definition) is 1. The SMILES string of the molecule is CC1CC(C)(C)CC2(C1)NC(=O)N(Cc1ccccc1Cl)C2=O. The zero-order valence-electron chi connectivity index (χ0n) is 13.9. The largest absolute Gasteiger partial charge is 0.325 e. The third-order valence-corrected chi connectivity index (χ3v) is 5.28. The fourth-order valence-electron chi connectivity index (χ4n) is 4.45. The van der Waals surface area contributed by atoms with Gasteiger partial charge in [-0.2, -0.15) is 0 Å². The Morgan fingerprint density at radius 3 is 2.61 bits per heavy atom. The van der Waals surface area contributed by atoms with Gasteiger partial charge in [0, 0.05) is 5.02 Å². The summed E-state index contributed by atoms with van der Waals surface area (Å²) in [6.07, 6.45) is 2.47. The summed E-state index contributed by atoms with van der Waals surface area (Å²) in [5.74, 6) is 0.297. The molecule has 1 aliphatic heterocycles. The van der Waals surface area contributed by atoms with Crippen LogP contribution < -0.4 is 5.32 Å². The molecule has 1 N–H and O–H groups in total. The molecule has 124 valence electrons. The van der Waals surface area contributed by atoms with Gasteiger partial charge in [0.25, 0.3) is 5.91 Å². The van der Waals surface area contributed by atoms with Gasteiger partial charge >= 0.3 is 6.03 Å². The van der Waals surface area contributed by atoms with Crippen LogP contribution in [-0.2, 0) is 11.3 Å². The number of carbonyl (C=O) groups excluding carboxylic acids is 2. The van der Waals surface area contributed by atoms with Gasteiger partial charge in [-0.25, -0.2) is 4.79 Å². The zero-order valence-corrected chi connectivity index (χ0v) is 14.6. The molecule has 2 aliphatic rings. The standard InChI is InChI=1S/C18H23ClN2O2/c1-12-8-17(2,3)11-18(9-12)15(22)21(16(23)20-18)10-13-6-4-5-7-14(13)19/h4-7,12H,8-11H2,1-3H3,(H,20,23). The first-order valence-electron chi connectivity index (χ1n) is 8.10.